The van der Waals surface area contributed by atoms with Crippen LogP contribution in [-0.2, 0) is 16.1 Å². The van der Waals surface area contributed by atoms with Gasteiger partial charge in [0.25, 0.3) is 0 Å². The van der Waals surface area contributed by atoms with E-state index in [1.165, 1.54) is 8.66 Å². The van der Waals surface area contributed by atoms with Gasteiger partial charge in [-0.2, -0.15) is 0 Å². The molecule has 1 N–H and O–H groups in total. The van der Waals surface area contributed by atoms with E-state index in [1.807, 2.05) is 6.92 Å². The first-order valence-electron chi connectivity index (χ1n) is 6.43. The molecule has 0 spiro atoms. The molecule has 5 heteroatoms. The van der Waals surface area contributed by atoms with Crippen molar-refractivity contribution in [3.8, 4) is 0 Å². The maximum absolute atomic E-state index is 11.6. The number of carbonyl (C=O) groups excluding carboxylic acids is 1. The summed E-state index contributed by atoms with van der Waals surface area (Å²) in [6.45, 7) is 5.58. The third-order valence-corrected chi connectivity index (χ3v) is 4.99. The summed E-state index contributed by atoms with van der Waals surface area (Å²) >= 11 is 5.29. The number of nitrogens with one attached hydrogen (secondary N) is 1. The van der Waals surface area contributed by atoms with E-state index in [0.717, 1.165) is 32.5 Å². The Morgan fingerprint density at radius 3 is 2.78 bits per heavy atom. The molecular formula is C13H19BrNO2S+. The van der Waals surface area contributed by atoms with Crippen LogP contribution in [0, 0.1) is 5.92 Å². The van der Waals surface area contributed by atoms with Crippen molar-refractivity contribution in [2.75, 3.05) is 19.7 Å². The van der Waals surface area contributed by atoms with Crippen LogP contribution in [0.1, 0.15) is 24.6 Å². The fraction of sp³-hybridized carbons (Fsp3) is 0.615. The zero-order chi connectivity index (χ0) is 13.0. The summed E-state index contributed by atoms with van der Waals surface area (Å²) in [4.78, 5) is 14.6. The zero-order valence-corrected chi connectivity index (χ0v) is 13.0. The number of quaternary nitrogens is 1. The second-order valence-corrected chi connectivity index (χ2v) is 7.21. The Morgan fingerprint density at radius 2 is 2.22 bits per heavy atom. The Bertz CT molecular complexity index is 399. The summed E-state index contributed by atoms with van der Waals surface area (Å²) in [5.74, 6) is 0.124. The lowest BCUT2D eigenvalue weighted by Gasteiger charge is -2.27. The molecule has 3 nitrogen and oxygen atoms in total. The summed E-state index contributed by atoms with van der Waals surface area (Å²) in [5, 5.41) is 0. The van der Waals surface area contributed by atoms with Crippen LogP contribution in [-0.4, -0.2) is 25.7 Å². The molecule has 1 fully saturated rings. The first kappa shape index (κ1) is 14.0. The second-order valence-electron chi connectivity index (χ2n) is 4.66. The Kier molecular flexibility index (Phi) is 5.21. The van der Waals surface area contributed by atoms with E-state index in [9.17, 15) is 4.79 Å². The highest BCUT2D eigenvalue weighted by molar-refractivity contribution is 9.11. The van der Waals surface area contributed by atoms with Gasteiger partial charge in [0.2, 0.25) is 0 Å². The lowest BCUT2D eigenvalue weighted by molar-refractivity contribution is -0.919. The SMILES string of the molecule is CCOC(=O)C1CC[NH+](Cc2ccc(Br)s2)CC1. The normalized spacial score (nSPS) is 23.9. The average Bonchev–Trinajstić information content (AvgIpc) is 2.76. The van der Waals surface area contributed by atoms with E-state index in [2.05, 4.69) is 28.1 Å². The molecule has 1 aliphatic rings. The van der Waals surface area contributed by atoms with Crippen molar-refractivity contribution in [2.45, 2.75) is 26.3 Å². The molecule has 1 aromatic heterocycles. The topological polar surface area (TPSA) is 30.7 Å². The van der Waals surface area contributed by atoms with Crippen LogP contribution in [0.5, 0.6) is 0 Å². The number of ether oxygens (including phenoxy) is 1. The van der Waals surface area contributed by atoms with Crippen LogP contribution >= 0.6 is 27.3 Å². The van der Waals surface area contributed by atoms with Gasteiger partial charge >= 0.3 is 5.97 Å². The van der Waals surface area contributed by atoms with E-state index < -0.39 is 0 Å². The molecule has 0 bridgehead atoms. The van der Waals surface area contributed by atoms with Crippen molar-refractivity contribution in [3.05, 3.63) is 20.8 Å². The monoisotopic (exact) mass is 332 g/mol. The van der Waals surface area contributed by atoms with Crippen LogP contribution in [0.4, 0.5) is 0 Å². The molecule has 2 rings (SSSR count). The van der Waals surface area contributed by atoms with Crippen molar-refractivity contribution in [3.63, 3.8) is 0 Å². The third kappa shape index (κ3) is 3.80. The predicted molar refractivity (Wildman–Crippen MR) is 75.8 cm³/mol. The van der Waals surface area contributed by atoms with Crippen molar-refractivity contribution in [1.29, 1.82) is 0 Å². The van der Waals surface area contributed by atoms with E-state index in [-0.39, 0.29) is 11.9 Å². The molecule has 0 radical (unpaired) electrons. The molecule has 1 saturated heterocycles. The van der Waals surface area contributed by atoms with Gasteiger partial charge in [-0.3, -0.25) is 4.79 Å². The average molecular weight is 333 g/mol. The number of carbonyl (C=O) groups is 1. The fourth-order valence-electron chi connectivity index (χ4n) is 2.39. The standard InChI is InChI=1S/C13H18BrNO2S/c1-2-17-13(16)10-5-7-15(8-6-10)9-11-3-4-12(14)18-11/h3-4,10H,2,5-9H2,1H3/p+1. The summed E-state index contributed by atoms with van der Waals surface area (Å²) in [7, 11) is 0. The van der Waals surface area contributed by atoms with Gasteiger partial charge in [0.15, 0.2) is 0 Å². The van der Waals surface area contributed by atoms with E-state index in [1.54, 1.807) is 16.2 Å². The molecule has 0 amide bonds. The Labute approximate surface area is 120 Å². The van der Waals surface area contributed by atoms with Crippen molar-refractivity contribution in [2.24, 2.45) is 5.92 Å². The number of hydrogen-bond acceptors (Lipinski definition) is 3. The number of likely N-dealkylation sites (tertiary alicyclic amines) is 1. The highest BCUT2D eigenvalue weighted by Crippen LogP contribution is 2.21. The number of esters is 1. The van der Waals surface area contributed by atoms with E-state index in [0.29, 0.717) is 6.61 Å². The molecule has 0 saturated carbocycles. The predicted octanol–water partition coefficient (Wildman–Crippen LogP) is 1.87. The molecule has 1 aliphatic heterocycles. The number of halogens is 1. The Balaban J connectivity index is 1.78. The summed E-state index contributed by atoms with van der Waals surface area (Å²) in [5.41, 5.74) is 0. The lowest BCUT2D eigenvalue weighted by Crippen LogP contribution is -3.11. The molecule has 1 aromatic rings. The Morgan fingerprint density at radius 1 is 1.50 bits per heavy atom. The molecule has 0 atom stereocenters. The maximum atomic E-state index is 11.6. The van der Waals surface area contributed by atoms with Gasteiger partial charge in [-0.1, -0.05) is 0 Å². The number of rotatable bonds is 4. The summed E-state index contributed by atoms with van der Waals surface area (Å²) in [6.07, 6.45) is 1.92. The summed E-state index contributed by atoms with van der Waals surface area (Å²) < 4.78 is 6.28. The lowest BCUT2D eigenvalue weighted by atomic mass is 9.97. The zero-order valence-electron chi connectivity index (χ0n) is 10.6. The van der Waals surface area contributed by atoms with Gasteiger partial charge in [0.1, 0.15) is 6.54 Å². The molecule has 2 heterocycles. The first-order valence-corrected chi connectivity index (χ1v) is 8.04. The van der Waals surface area contributed by atoms with Gasteiger partial charge in [-0.15, -0.1) is 11.3 Å². The molecule has 0 aromatic carbocycles. The molecular weight excluding hydrogens is 314 g/mol. The molecule has 0 aliphatic carbocycles. The van der Waals surface area contributed by atoms with Crippen molar-refractivity contribution in [1.82, 2.24) is 0 Å². The van der Waals surface area contributed by atoms with Crippen LogP contribution in [0.15, 0.2) is 15.9 Å². The van der Waals surface area contributed by atoms with Gasteiger partial charge in [0, 0.05) is 12.8 Å². The molecule has 18 heavy (non-hydrogen) atoms. The van der Waals surface area contributed by atoms with Crippen LogP contribution < -0.4 is 4.90 Å². The van der Waals surface area contributed by atoms with E-state index in [4.69, 9.17) is 4.74 Å². The second kappa shape index (κ2) is 6.68. The van der Waals surface area contributed by atoms with E-state index >= 15 is 0 Å². The minimum Gasteiger partial charge on any atom is -0.466 e. The first-order chi connectivity index (χ1) is 8.69. The summed E-state index contributed by atoms with van der Waals surface area (Å²) in [6, 6.07) is 4.28. The largest absolute Gasteiger partial charge is 0.466 e. The molecule has 100 valence electrons. The minimum absolute atomic E-state index is 0.00424. The molecule has 0 unspecified atom stereocenters. The van der Waals surface area contributed by atoms with Gasteiger partial charge in [-0.25, -0.2) is 0 Å². The van der Waals surface area contributed by atoms with Gasteiger partial charge in [-0.05, 0) is 35.0 Å². The number of hydrogen-bond donors (Lipinski definition) is 1. The van der Waals surface area contributed by atoms with Crippen LogP contribution in [0.3, 0.4) is 0 Å². The van der Waals surface area contributed by atoms with Gasteiger partial charge in [0.05, 0.1) is 34.3 Å². The van der Waals surface area contributed by atoms with Crippen molar-refractivity contribution < 1.29 is 14.4 Å². The highest BCUT2D eigenvalue weighted by atomic mass is 79.9. The van der Waals surface area contributed by atoms with Crippen LogP contribution in [0.25, 0.3) is 0 Å². The Hall–Kier alpha value is -0.390. The van der Waals surface area contributed by atoms with Crippen LogP contribution in [0.2, 0.25) is 0 Å². The fourth-order valence-corrected chi connectivity index (χ4v) is 3.95. The minimum atomic E-state index is -0.00424. The third-order valence-electron chi connectivity index (χ3n) is 3.37. The number of thiophene rings is 1. The maximum Gasteiger partial charge on any atom is 0.309 e. The quantitative estimate of drug-likeness (QED) is 0.853. The number of piperidine rings is 1. The highest BCUT2D eigenvalue weighted by Gasteiger charge is 2.28. The smallest absolute Gasteiger partial charge is 0.309 e. The van der Waals surface area contributed by atoms with Crippen molar-refractivity contribution >= 4 is 33.2 Å². The van der Waals surface area contributed by atoms with Gasteiger partial charge < -0.3 is 9.64 Å².